The second-order valence-corrected chi connectivity index (χ2v) is 3.09. The van der Waals surface area contributed by atoms with Crippen LogP contribution in [0.2, 0.25) is 0 Å². The van der Waals surface area contributed by atoms with E-state index in [9.17, 15) is 13.0 Å². The van der Waals surface area contributed by atoms with Gasteiger partial charge in [0.15, 0.2) is 10.1 Å². The fraction of sp³-hybridized carbons (Fsp3) is 1.00. The van der Waals surface area contributed by atoms with Crippen LogP contribution in [-0.4, -0.2) is 24.9 Å². The molecule has 0 aromatic heterocycles. The SMILES string of the molecule is O=S(=O)([O-])C1C[NH2+]1.[Na+]. The largest absolute Gasteiger partial charge is 1.00 e. The third-order valence-corrected chi connectivity index (χ3v) is 1.93. The molecule has 6 heteroatoms. The summed E-state index contributed by atoms with van der Waals surface area (Å²) in [5, 5.41) is 0.815. The van der Waals surface area contributed by atoms with Crippen LogP contribution in [0.3, 0.4) is 0 Å². The van der Waals surface area contributed by atoms with Crippen LogP contribution in [0.5, 0.6) is 0 Å². The third-order valence-electron chi connectivity index (χ3n) is 0.799. The summed E-state index contributed by atoms with van der Waals surface area (Å²) in [7, 11) is -3.94. The molecule has 1 aliphatic heterocycles. The average molecular weight is 146 g/mol. The Morgan fingerprint density at radius 3 is 2.00 bits per heavy atom. The van der Waals surface area contributed by atoms with Gasteiger partial charge in [0.25, 0.3) is 0 Å². The van der Waals surface area contributed by atoms with Crippen molar-refractivity contribution < 1.29 is 47.8 Å². The maximum absolute atomic E-state index is 9.81. The molecule has 8 heavy (non-hydrogen) atoms. The summed E-state index contributed by atoms with van der Waals surface area (Å²) in [6.45, 7) is 0.450. The number of rotatable bonds is 1. The molecule has 2 N–H and O–H groups in total. The zero-order valence-electron chi connectivity index (χ0n) is 4.49. The molecule has 1 saturated heterocycles. The molecule has 1 aliphatic rings. The van der Waals surface area contributed by atoms with E-state index in [0.717, 1.165) is 0 Å². The molecule has 0 spiro atoms. The normalized spacial score (nSPS) is 26.4. The van der Waals surface area contributed by atoms with Gasteiger partial charge >= 0.3 is 29.6 Å². The Morgan fingerprint density at radius 1 is 1.62 bits per heavy atom. The maximum Gasteiger partial charge on any atom is 1.00 e. The van der Waals surface area contributed by atoms with Crippen LogP contribution in [-0.2, 0) is 10.1 Å². The zero-order chi connectivity index (χ0) is 5.49. The fourth-order valence-corrected chi connectivity index (χ4v) is 0.874. The van der Waals surface area contributed by atoms with E-state index >= 15 is 0 Å². The van der Waals surface area contributed by atoms with Gasteiger partial charge in [0.05, 0.1) is 0 Å². The van der Waals surface area contributed by atoms with Crippen LogP contribution < -0.4 is 34.9 Å². The Bertz CT molecular complexity index is 160. The van der Waals surface area contributed by atoms with Gasteiger partial charge in [0, 0.05) is 0 Å². The van der Waals surface area contributed by atoms with Gasteiger partial charge < -0.3 is 9.87 Å². The molecule has 4 nitrogen and oxygen atoms in total. The first-order chi connectivity index (χ1) is 3.11. The van der Waals surface area contributed by atoms with Crippen LogP contribution in [0, 0.1) is 0 Å². The molecule has 1 unspecified atom stereocenters. The third kappa shape index (κ3) is 2.43. The standard InChI is InChI=1S/C2H5NO3S.Na/c4-7(5,6)2-1-3-2;/h2-3H,1H2,(H,4,5,6);/q;+1. The quantitative estimate of drug-likeness (QED) is 0.228. The first-order valence-electron chi connectivity index (χ1n) is 1.89. The van der Waals surface area contributed by atoms with E-state index in [1.807, 2.05) is 0 Å². The Hall–Kier alpha value is 0.870. The zero-order valence-corrected chi connectivity index (χ0v) is 7.31. The minimum atomic E-state index is -3.94. The van der Waals surface area contributed by atoms with Gasteiger partial charge in [-0.2, -0.15) is 0 Å². The van der Waals surface area contributed by atoms with E-state index in [0.29, 0.717) is 6.54 Å². The number of nitrogens with two attached hydrogens (primary N) is 1. The summed E-state index contributed by atoms with van der Waals surface area (Å²) in [4.78, 5) is 0. The molecule has 42 valence electrons. The molecular formula is C2H5NNaO3S+. The van der Waals surface area contributed by atoms with E-state index in [1.54, 1.807) is 0 Å². The van der Waals surface area contributed by atoms with Crippen LogP contribution in [0.15, 0.2) is 0 Å². The summed E-state index contributed by atoms with van der Waals surface area (Å²) in [5.41, 5.74) is 0. The molecule has 1 rings (SSSR count). The van der Waals surface area contributed by atoms with Crippen LogP contribution in [0.25, 0.3) is 0 Å². The van der Waals surface area contributed by atoms with Crippen molar-refractivity contribution in [2.75, 3.05) is 6.54 Å². The molecule has 0 aromatic rings. The Labute approximate surface area is 69.7 Å². The minimum Gasteiger partial charge on any atom is -0.743 e. The van der Waals surface area contributed by atoms with Crippen molar-refractivity contribution in [1.82, 2.24) is 0 Å². The molecule has 0 aromatic carbocycles. The summed E-state index contributed by atoms with van der Waals surface area (Å²) in [5.74, 6) is 0. The smallest absolute Gasteiger partial charge is 0.743 e. The van der Waals surface area contributed by atoms with Gasteiger partial charge in [-0.3, -0.25) is 0 Å². The summed E-state index contributed by atoms with van der Waals surface area (Å²) in [6, 6.07) is 0. The van der Waals surface area contributed by atoms with Crippen LogP contribution >= 0.6 is 0 Å². The molecular weight excluding hydrogens is 141 g/mol. The van der Waals surface area contributed by atoms with E-state index in [2.05, 4.69) is 0 Å². The molecule has 1 fully saturated rings. The van der Waals surface area contributed by atoms with Crippen LogP contribution in [0.1, 0.15) is 0 Å². The van der Waals surface area contributed by atoms with Crippen molar-refractivity contribution >= 4 is 10.1 Å². The molecule has 0 bridgehead atoms. The average Bonchev–Trinajstić information content (AvgIpc) is 1.99. The predicted molar refractivity (Wildman–Crippen MR) is 20.3 cm³/mol. The van der Waals surface area contributed by atoms with Crippen molar-refractivity contribution in [2.24, 2.45) is 0 Å². The first-order valence-corrected chi connectivity index (χ1v) is 3.36. The predicted octanol–water partition coefficient (Wildman–Crippen LogP) is -5.56. The number of hydrogen-bond acceptors (Lipinski definition) is 3. The van der Waals surface area contributed by atoms with E-state index in [1.165, 1.54) is 5.32 Å². The molecule has 0 radical (unpaired) electrons. The van der Waals surface area contributed by atoms with Gasteiger partial charge in [-0.15, -0.1) is 0 Å². The molecule has 0 amide bonds. The Kier molecular flexibility index (Phi) is 2.92. The summed E-state index contributed by atoms with van der Waals surface area (Å²) < 4.78 is 29.4. The second kappa shape index (κ2) is 2.64. The van der Waals surface area contributed by atoms with E-state index in [-0.39, 0.29) is 29.6 Å². The van der Waals surface area contributed by atoms with Crippen molar-refractivity contribution in [3.63, 3.8) is 0 Å². The first kappa shape index (κ1) is 8.87. The summed E-state index contributed by atoms with van der Waals surface area (Å²) >= 11 is 0. The van der Waals surface area contributed by atoms with Gasteiger partial charge in [0.2, 0.25) is 5.37 Å². The van der Waals surface area contributed by atoms with Crippen molar-refractivity contribution in [3.05, 3.63) is 0 Å². The molecule has 1 heterocycles. The molecule has 0 saturated carbocycles. The second-order valence-electron chi connectivity index (χ2n) is 1.50. The van der Waals surface area contributed by atoms with E-state index < -0.39 is 15.5 Å². The maximum atomic E-state index is 9.81. The minimum absolute atomic E-state index is 0. The van der Waals surface area contributed by atoms with Gasteiger partial charge in [-0.1, -0.05) is 0 Å². The van der Waals surface area contributed by atoms with Crippen molar-refractivity contribution in [1.29, 1.82) is 0 Å². The van der Waals surface area contributed by atoms with Crippen molar-refractivity contribution in [2.45, 2.75) is 5.37 Å². The van der Waals surface area contributed by atoms with Gasteiger partial charge in [0.1, 0.15) is 6.54 Å². The summed E-state index contributed by atoms with van der Waals surface area (Å²) in [6.07, 6.45) is 0. The van der Waals surface area contributed by atoms with Crippen molar-refractivity contribution in [3.8, 4) is 0 Å². The number of hydrogen-bond donors (Lipinski definition) is 1. The van der Waals surface area contributed by atoms with E-state index in [4.69, 9.17) is 0 Å². The monoisotopic (exact) mass is 146 g/mol. The molecule has 0 aliphatic carbocycles. The Balaban J connectivity index is 0.000000490. The Morgan fingerprint density at radius 2 is 2.00 bits per heavy atom. The number of quaternary nitrogens is 1. The molecule has 1 atom stereocenters. The van der Waals surface area contributed by atoms with Gasteiger partial charge in [-0.25, -0.2) is 8.42 Å². The topological polar surface area (TPSA) is 73.8 Å². The van der Waals surface area contributed by atoms with Gasteiger partial charge in [-0.05, 0) is 0 Å². The van der Waals surface area contributed by atoms with Crippen LogP contribution in [0.4, 0.5) is 0 Å². The fourth-order valence-electron chi connectivity index (χ4n) is 0.291.